The number of aliphatic carboxylic acids is 1. The lowest BCUT2D eigenvalue weighted by molar-refractivity contribution is -0.875. The lowest BCUT2D eigenvalue weighted by Gasteiger charge is -2.34. The van der Waals surface area contributed by atoms with Crippen LogP contribution in [-0.2, 0) is 9.59 Å². The van der Waals surface area contributed by atoms with Crippen LogP contribution in [0.25, 0.3) is 0 Å². The van der Waals surface area contributed by atoms with Gasteiger partial charge in [0, 0.05) is 12.4 Å². The quantitative estimate of drug-likeness (QED) is 0.297. The van der Waals surface area contributed by atoms with Crippen molar-refractivity contribution in [3.63, 3.8) is 0 Å². The van der Waals surface area contributed by atoms with Crippen LogP contribution in [0.4, 0.5) is 0 Å². The van der Waals surface area contributed by atoms with E-state index < -0.39 is 23.8 Å². The van der Waals surface area contributed by atoms with Gasteiger partial charge in [-0.25, -0.2) is 0 Å². The minimum Gasteiger partial charge on any atom is -0.550 e. The number of unbranched alkanes of at least 4 members (excludes halogenated alkanes) is 7. The van der Waals surface area contributed by atoms with Gasteiger partial charge in [-0.15, -0.1) is 0 Å². The number of likely N-dealkylation sites (N-methyl/N-ethyl adjacent to an activating group) is 1. The van der Waals surface area contributed by atoms with Crippen molar-refractivity contribution < 1.29 is 24.3 Å². The first-order valence-electron chi connectivity index (χ1n) is 9.04. The number of rotatable bonds is 14. The summed E-state index contributed by atoms with van der Waals surface area (Å²) in [5.41, 5.74) is -1.91. The normalized spacial score (nSPS) is 14.7. The largest absolute Gasteiger partial charge is 0.550 e. The number of ketones is 1. The van der Waals surface area contributed by atoms with E-state index >= 15 is 0 Å². The predicted octanol–water partition coefficient (Wildman–Crippen LogP) is 1.83. The van der Waals surface area contributed by atoms with Gasteiger partial charge in [0.2, 0.25) is 0 Å². The van der Waals surface area contributed by atoms with Crippen LogP contribution in [0.2, 0.25) is 0 Å². The molecule has 0 aliphatic rings. The Kier molecular flexibility index (Phi) is 10.8. The van der Waals surface area contributed by atoms with Crippen LogP contribution in [0.15, 0.2) is 12.2 Å². The van der Waals surface area contributed by atoms with Crippen molar-refractivity contribution in [3.05, 3.63) is 12.2 Å². The molecule has 5 heteroatoms. The van der Waals surface area contributed by atoms with Gasteiger partial charge in [-0.05, 0) is 18.9 Å². The zero-order valence-corrected chi connectivity index (χ0v) is 15.8. The van der Waals surface area contributed by atoms with Gasteiger partial charge in [-0.2, -0.15) is 0 Å². The maximum absolute atomic E-state index is 12.2. The first-order chi connectivity index (χ1) is 11.1. The Balaban J connectivity index is 4.33. The van der Waals surface area contributed by atoms with Gasteiger partial charge in [0.05, 0.1) is 21.1 Å². The van der Waals surface area contributed by atoms with Gasteiger partial charge >= 0.3 is 0 Å². The number of carbonyl (C=O) groups is 2. The number of hydrogen-bond donors (Lipinski definition) is 1. The molecule has 0 heterocycles. The Morgan fingerprint density at radius 1 is 1.04 bits per heavy atom. The van der Waals surface area contributed by atoms with Crippen LogP contribution in [0, 0.1) is 0 Å². The molecule has 1 atom stereocenters. The predicted molar refractivity (Wildman–Crippen MR) is 94.2 cm³/mol. The van der Waals surface area contributed by atoms with Crippen molar-refractivity contribution in [1.29, 1.82) is 0 Å². The van der Waals surface area contributed by atoms with Crippen molar-refractivity contribution in [1.82, 2.24) is 0 Å². The summed E-state index contributed by atoms with van der Waals surface area (Å²) in [7, 11) is 5.40. The SMILES string of the molecule is CCCCCCCCCC=CC(=O)C(O)(CC(=O)[O-])C[N+](C)(C)C. The highest BCUT2D eigenvalue weighted by Gasteiger charge is 2.39. The molecule has 0 aliphatic heterocycles. The van der Waals surface area contributed by atoms with Crippen LogP contribution >= 0.6 is 0 Å². The highest BCUT2D eigenvalue weighted by Crippen LogP contribution is 2.17. The molecule has 0 rings (SSSR count). The molecule has 0 radical (unpaired) electrons. The Morgan fingerprint density at radius 3 is 2.08 bits per heavy atom. The highest BCUT2D eigenvalue weighted by molar-refractivity contribution is 5.99. The fraction of sp³-hybridized carbons (Fsp3) is 0.789. The first kappa shape index (κ1) is 22.8. The second-order valence-corrected chi connectivity index (χ2v) is 7.71. The molecule has 0 aliphatic carbocycles. The van der Waals surface area contributed by atoms with E-state index in [0.717, 1.165) is 19.3 Å². The standard InChI is InChI=1S/C19H35NO4/c1-5-6-7-8-9-10-11-12-13-14-17(21)19(24,15-18(22)23)16-20(2,3)4/h13-14,24H,5-12,15-16H2,1-4H3. The minimum absolute atomic E-state index is 0.0293. The van der Waals surface area contributed by atoms with E-state index in [1.165, 1.54) is 38.2 Å². The third kappa shape index (κ3) is 11.4. The van der Waals surface area contributed by atoms with Crippen LogP contribution in [0.3, 0.4) is 0 Å². The summed E-state index contributed by atoms with van der Waals surface area (Å²) in [6.07, 6.45) is 11.6. The topological polar surface area (TPSA) is 77.4 Å². The van der Waals surface area contributed by atoms with Crippen molar-refractivity contribution in [2.45, 2.75) is 70.3 Å². The van der Waals surface area contributed by atoms with Crippen molar-refractivity contribution in [2.24, 2.45) is 0 Å². The summed E-state index contributed by atoms with van der Waals surface area (Å²) in [5.74, 6) is -1.97. The van der Waals surface area contributed by atoms with Gasteiger partial charge in [0.1, 0.15) is 6.54 Å². The number of quaternary nitrogens is 1. The van der Waals surface area contributed by atoms with E-state index in [1.807, 2.05) is 0 Å². The van der Waals surface area contributed by atoms with Gasteiger partial charge < -0.3 is 19.5 Å². The molecule has 1 N–H and O–H groups in total. The molecule has 5 nitrogen and oxygen atoms in total. The molecule has 140 valence electrons. The smallest absolute Gasteiger partial charge is 0.193 e. The zero-order valence-electron chi connectivity index (χ0n) is 15.8. The highest BCUT2D eigenvalue weighted by atomic mass is 16.4. The van der Waals surface area contributed by atoms with E-state index in [0.29, 0.717) is 4.48 Å². The fourth-order valence-electron chi connectivity index (χ4n) is 2.81. The molecular formula is C19H35NO4. The number of carboxylic acid groups (broad SMARTS) is 1. The minimum atomic E-state index is -1.91. The van der Waals surface area contributed by atoms with Crippen LogP contribution in [0.5, 0.6) is 0 Å². The van der Waals surface area contributed by atoms with Crippen LogP contribution in [0.1, 0.15) is 64.7 Å². The van der Waals surface area contributed by atoms with Gasteiger partial charge in [-0.1, -0.05) is 51.5 Å². The van der Waals surface area contributed by atoms with E-state index in [9.17, 15) is 19.8 Å². The summed E-state index contributed by atoms with van der Waals surface area (Å²) in [5, 5.41) is 21.3. The number of nitrogens with zero attached hydrogens (tertiary/aromatic N) is 1. The van der Waals surface area contributed by atoms with Crippen molar-refractivity contribution >= 4 is 11.8 Å². The molecule has 0 fully saturated rings. The molecule has 0 saturated carbocycles. The lowest BCUT2D eigenvalue weighted by atomic mass is 9.92. The summed E-state index contributed by atoms with van der Waals surface area (Å²) in [6, 6.07) is 0. The average molecular weight is 341 g/mol. The summed E-state index contributed by atoms with van der Waals surface area (Å²) in [6.45, 7) is 2.23. The van der Waals surface area contributed by atoms with Gasteiger partial charge in [-0.3, -0.25) is 4.79 Å². The van der Waals surface area contributed by atoms with Gasteiger partial charge in [0.15, 0.2) is 11.4 Å². The first-order valence-corrected chi connectivity index (χ1v) is 9.04. The molecule has 0 aromatic rings. The van der Waals surface area contributed by atoms with E-state index in [4.69, 9.17) is 0 Å². The summed E-state index contributed by atoms with van der Waals surface area (Å²) in [4.78, 5) is 23.1. The molecule has 1 unspecified atom stereocenters. The van der Waals surface area contributed by atoms with Crippen molar-refractivity contribution in [2.75, 3.05) is 27.7 Å². The summed E-state index contributed by atoms with van der Waals surface area (Å²) < 4.78 is 0.293. The molecule has 0 spiro atoms. The van der Waals surface area contributed by atoms with E-state index in [2.05, 4.69) is 6.92 Å². The zero-order chi connectivity index (χ0) is 18.6. The molecule has 0 amide bonds. The maximum atomic E-state index is 12.2. The van der Waals surface area contributed by atoms with Gasteiger partial charge in [0.25, 0.3) is 0 Å². The Bertz CT molecular complexity index is 412. The molecule has 0 aromatic heterocycles. The number of carbonyl (C=O) groups excluding carboxylic acids is 2. The lowest BCUT2D eigenvalue weighted by Crippen LogP contribution is -2.55. The number of carboxylic acids is 1. The Hall–Kier alpha value is -1.20. The van der Waals surface area contributed by atoms with Crippen LogP contribution < -0.4 is 5.11 Å². The molecular weight excluding hydrogens is 306 g/mol. The second-order valence-electron chi connectivity index (χ2n) is 7.71. The van der Waals surface area contributed by atoms with Crippen molar-refractivity contribution in [3.8, 4) is 0 Å². The number of allylic oxidation sites excluding steroid dienone is 1. The molecule has 0 aromatic carbocycles. The molecule has 0 bridgehead atoms. The maximum Gasteiger partial charge on any atom is 0.193 e. The summed E-state index contributed by atoms with van der Waals surface area (Å²) >= 11 is 0. The van der Waals surface area contributed by atoms with Crippen LogP contribution in [-0.4, -0.2) is 54.6 Å². The third-order valence-corrected chi connectivity index (χ3v) is 3.87. The molecule has 0 saturated heterocycles. The van der Waals surface area contributed by atoms with E-state index in [-0.39, 0.29) is 6.54 Å². The number of aliphatic hydroxyl groups is 1. The Labute approximate surface area is 146 Å². The molecule has 24 heavy (non-hydrogen) atoms. The number of hydrogen-bond acceptors (Lipinski definition) is 4. The van der Waals surface area contributed by atoms with E-state index in [1.54, 1.807) is 27.2 Å². The second kappa shape index (κ2) is 11.4. The average Bonchev–Trinajstić information content (AvgIpc) is 2.42. The third-order valence-electron chi connectivity index (χ3n) is 3.87. The Morgan fingerprint density at radius 2 is 1.58 bits per heavy atom. The fourth-order valence-corrected chi connectivity index (χ4v) is 2.81. The monoisotopic (exact) mass is 341 g/mol.